The molecule has 0 saturated heterocycles. The molecule has 0 fully saturated rings. The third-order valence-corrected chi connectivity index (χ3v) is 3.87. The lowest BCUT2D eigenvalue weighted by atomic mass is 10.3. The number of nitrogens with zero attached hydrogens (tertiary/aromatic N) is 2. The molecule has 3 rings (SSSR count). The minimum Gasteiger partial charge on any atom is -0.320 e. The van der Waals surface area contributed by atoms with Crippen molar-refractivity contribution >= 4 is 50.8 Å². The molecule has 0 radical (unpaired) electrons. The van der Waals surface area contributed by atoms with E-state index in [9.17, 15) is 9.18 Å². The van der Waals surface area contributed by atoms with Crippen LogP contribution >= 0.6 is 27.5 Å². The van der Waals surface area contributed by atoms with Crippen molar-refractivity contribution in [2.45, 2.75) is 0 Å². The summed E-state index contributed by atoms with van der Waals surface area (Å²) in [7, 11) is 0. The van der Waals surface area contributed by atoms with Gasteiger partial charge in [-0.05, 0) is 36.4 Å². The summed E-state index contributed by atoms with van der Waals surface area (Å²) in [5, 5.41) is 2.76. The zero-order chi connectivity index (χ0) is 16.4. The highest BCUT2D eigenvalue weighted by molar-refractivity contribution is 9.10. The van der Waals surface area contributed by atoms with Crippen LogP contribution in [0.3, 0.4) is 0 Å². The second-order valence-corrected chi connectivity index (χ2v) is 5.94. The van der Waals surface area contributed by atoms with E-state index in [1.165, 1.54) is 24.3 Å². The normalized spacial score (nSPS) is 11.3. The monoisotopic (exact) mass is 393 g/mol. The Kier molecular flexibility index (Phi) is 4.45. The van der Waals surface area contributed by atoms with Crippen LogP contribution in [0.1, 0.15) is 5.69 Å². The fourth-order valence-corrected chi connectivity index (χ4v) is 2.66. The lowest BCUT2D eigenvalue weighted by Crippen LogP contribution is -2.09. The molecule has 0 saturated carbocycles. The number of aromatic nitrogens is 2. The first-order chi connectivity index (χ1) is 11.0. The largest absolute Gasteiger partial charge is 0.320 e. The summed E-state index contributed by atoms with van der Waals surface area (Å²) >= 11 is 9.30. The van der Waals surface area contributed by atoms with E-state index >= 15 is 0 Å². The smallest absolute Gasteiger partial charge is 0.248 e. The van der Waals surface area contributed by atoms with Gasteiger partial charge in [0, 0.05) is 16.7 Å². The summed E-state index contributed by atoms with van der Waals surface area (Å²) in [6, 6.07) is 9.79. The molecule has 7 heteroatoms. The number of hydrogen-bond acceptors (Lipinski definition) is 2. The van der Waals surface area contributed by atoms with Gasteiger partial charge in [-0.2, -0.15) is 0 Å². The predicted octanol–water partition coefficient (Wildman–Crippen LogP) is 4.54. The van der Waals surface area contributed by atoms with Crippen LogP contribution in [-0.2, 0) is 4.79 Å². The molecular weight excluding hydrogens is 385 g/mol. The molecule has 1 N–H and O–H groups in total. The van der Waals surface area contributed by atoms with E-state index in [2.05, 4.69) is 26.2 Å². The number of hydrogen-bond donors (Lipinski definition) is 1. The topological polar surface area (TPSA) is 46.4 Å². The van der Waals surface area contributed by atoms with Gasteiger partial charge in [0.15, 0.2) is 5.15 Å². The van der Waals surface area contributed by atoms with Gasteiger partial charge in [0.2, 0.25) is 5.91 Å². The van der Waals surface area contributed by atoms with E-state index < -0.39 is 11.7 Å². The third kappa shape index (κ3) is 3.43. The lowest BCUT2D eigenvalue weighted by molar-refractivity contribution is -0.111. The van der Waals surface area contributed by atoms with Crippen LogP contribution in [0.25, 0.3) is 11.7 Å². The molecule has 1 aromatic carbocycles. The molecule has 116 valence electrons. The highest BCUT2D eigenvalue weighted by Crippen LogP contribution is 2.21. The second-order valence-electron chi connectivity index (χ2n) is 4.66. The Morgan fingerprint density at radius 3 is 3.00 bits per heavy atom. The predicted molar refractivity (Wildman–Crippen MR) is 92.0 cm³/mol. The van der Waals surface area contributed by atoms with Crippen molar-refractivity contribution in [2.75, 3.05) is 5.32 Å². The minimum absolute atomic E-state index is 0.0956. The molecular formula is C16H10BrClFN3O. The quantitative estimate of drug-likeness (QED) is 0.663. The highest BCUT2D eigenvalue weighted by atomic mass is 79.9. The van der Waals surface area contributed by atoms with Crippen molar-refractivity contribution in [3.8, 4) is 0 Å². The Labute approximate surface area is 144 Å². The summed E-state index contributed by atoms with van der Waals surface area (Å²) in [4.78, 5) is 16.1. The summed E-state index contributed by atoms with van der Waals surface area (Å²) < 4.78 is 16.0. The molecule has 0 aliphatic carbocycles. The molecule has 23 heavy (non-hydrogen) atoms. The number of benzene rings is 1. The van der Waals surface area contributed by atoms with Gasteiger partial charge in [-0.15, -0.1) is 0 Å². The Morgan fingerprint density at radius 1 is 1.35 bits per heavy atom. The standard InChI is InChI=1S/C16H10BrClFN3O/c17-10-4-5-11(19)12(9-10)20-15(23)7-6-13-16(18)21-14-3-1-2-8-22(13)14/h1-9H,(H,20,23)/b7-6+. The van der Waals surface area contributed by atoms with Gasteiger partial charge in [0.1, 0.15) is 11.5 Å². The third-order valence-electron chi connectivity index (χ3n) is 3.10. The molecule has 2 heterocycles. The van der Waals surface area contributed by atoms with Crippen molar-refractivity contribution in [1.82, 2.24) is 9.38 Å². The number of carbonyl (C=O) groups excluding carboxylic acids is 1. The number of amides is 1. The molecule has 0 spiro atoms. The van der Waals surface area contributed by atoms with Gasteiger partial charge in [0.05, 0.1) is 11.4 Å². The van der Waals surface area contributed by atoms with Crippen LogP contribution in [0.4, 0.5) is 10.1 Å². The van der Waals surface area contributed by atoms with Gasteiger partial charge in [0.25, 0.3) is 0 Å². The van der Waals surface area contributed by atoms with Crippen molar-refractivity contribution in [3.63, 3.8) is 0 Å². The van der Waals surface area contributed by atoms with Gasteiger partial charge >= 0.3 is 0 Å². The van der Waals surface area contributed by atoms with Crippen LogP contribution in [0.2, 0.25) is 5.15 Å². The summed E-state index contributed by atoms with van der Waals surface area (Å²) in [6.45, 7) is 0. The Balaban J connectivity index is 1.83. The number of imidazole rings is 1. The van der Waals surface area contributed by atoms with E-state index in [4.69, 9.17) is 11.6 Å². The summed E-state index contributed by atoms with van der Waals surface area (Å²) in [6.07, 6.45) is 4.61. The van der Waals surface area contributed by atoms with Crippen molar-refractivity contribution < 1.29 is 9.18 Å². The number of carbonyl (C=O) groups is 1. The first-order valence-electron chi connectivity index (χ1n) is 6.61. The highest BCUT2D eigenvalue weighted by Gasteiger charge is 2.08. The van der Waals surface area contributed by atoms with Crippen molar-refractivity contribution in [3.05, 3.63) is 69.8 Å². The van der Waals surface area contributed by atoms with E-state index in [1.807, 2.05) is 12.1 Å². The fraction of sp³-hybridized carbons (Fsp3) is 0. The molecule has 0 atom stereocenters. The van der Waals surface area contributed by atoms with Crippen LogP contribution < -0.4 is 5.32 Å². The minimum atomic E-state index is -0.511. The molecule has 0 aliphatic heterocycles. The summed E-state index contributed by atoms with van der Waals surface area (Å²) in [5.41, 5.74) is 1.35. The molecule has 4 nitrogen and oxygen atoms in total. The summed E-state index contributed by atoms with van der Waals surface area (Å²) in [5.74, 6) is -0.980. The number of halogens is 3. The van der Waals surface area contributed by atoms with Gasteiger partial charge in [-0.3, -0.25) is 9.20 Å². The first kappa shape index (κ1) is 15.7. The number of nitrogens with one attached hydrogen (secondary N) is 1. The van der Waals surface area contributed by atoms with Crippen molar-refractivity contribution in [2.24, 2.45) is 0 Å². The van der Waals surface area contributed by atoms with E-state index in [0.717, 1.165) is 0 Å². The SMILES string of the molecule is O=C(/C=C/c1c(Cl)nc2ccccn12)Nc1cc(Br)ccc1F. The first-order valence-corrected chi connectivity index (χ1v) is 7.78. The van der Waals surface area contributed by atoms with E-state index in [-0.39, 0.29) is 10.8 Å². The van der Waals surface area contributed by atoms with Crippen LogP contribution in [0.15, 0.2) is 53.1 Å². The molecule has 2 aromatic heterocycles. The fourth-order valence-electron chi connectivity index (χ4n) is 2.06. The zero-order valence-corrected chi connectivity index (χ0v) is 14.0. The average molecular weight is 395 g/mol. The van der Waals surface area contributed by atoms with Crippen LogP contribution in [-0.4, -0.2) is 15.3 Å². The molecule has 0 aliphatic rings. The maximum atomic E-state index is 13.6. The maximum absolute atomic E-state index is 13.6. The zero-order valence-electron chi connectivity index (χ0n) is 11.6. The molecule has 3 aromatic rings. The van der Waals surface area contributed by atoms with E-state index in [1.54, 1.807) is 22.7 Å². The lowest BCUT2D eigenvalue weighted by Gasteiger charge is -2.04. The van der Waals surface area contributed by atoms with Gasteiger partial charge < -0.3 is 5.32 Å². The Bertz CT molecular complexity index is 923. The Morgan fingerprint density at radius 2 is 2.17 bits per heavy atom. The maximum Gasteiger partial charge on any atom is 0.248 e. The van der Waals surface area contributed by atoms with E-state index in [0.29, 0.717) is 15.8 Å². The number of pyridine rings is 1. The number of rotatable bonds is 3. The molecule has 1 amide bonds. The van der Waals surface area contributed by atoms with Gasteiger partial charge in [-0.1, -0.05) is 33.6 Å². The second kappa shape index (κ2) is 6.52. The Hall–Kier alpha value is -2.18. The average Bonchev–Trinajstić information content (AvgIpc) is 2.84. The van der Waals surface area contributed by atoms with Crippen LogP contribution in [0, 0.1) is 5.82 Å². The van der Waals surface area contributed by atoms with Crippen molar-refractivity contribution in [1.29, 1.82) is 0 Å². The molecule has 0 unspecified atom stereocenters. The number of anilines is 1. The van der Waals surface area contributed by atoms with Gasteiger partial charge in [-0.25, -0.2) is 9.37 Å². The molecule has 0 bridgehead atoms. The number of fused-ring (bicyclic) bond motifs is 1. The van der Waals surface area contributed by atoms with Crippen LogP contribution in [0.5, 0.6) is 0 Å².